The SMILES string of the molecule is Cc1ccc(S(=O)(=O)N2CC(=CB3N(C)CCN3C)C(=[CH][Sn]([CH3])([CH3])[CH3])C2)cc1. The first-order chi connectivity index (χ1) is 13.0. The third-order valence-electron chi connectivity index (χ3n) is 5.43. The average molecular weight is 508 g/mol. The summed E-state index contributed by atoms with van der Waals surface area (Å²) < 4.78 is 30.5. The fourth-order valence-corrected chi connectivity index (χ4v) is 9.01. The molecule has 0 N–H and O–H groups in total. The molecule has 0 radical (unpaired) electrons. The minimum atomic E-state index is -3.49. The summed E-state index contributed by atoms with van der Waals surface area (Å²) in [7, 11) is 0.775. The summed E-state index contributed by atoms with van der Waals surface area (Å²) in [5.74, 6) is 2.28. The molecule has 2 saturated heterocycles. The van der Waals surface area contributed by atoms with Crippen LogP contribution >= 0.6 is 0 Å². The van der Waals surface area contributed by atoms with Crippen LogP contribution in [0.25, 0.3) is 0 Å². The summed E-state index contributed by atoms with van der Waals surface area (Å²) in [6.45, 7) is 5.22. The van der Waals surface area contributed by atoms with E-state index in [1.165, 1.54) is 11.1 Å². The van der Waals surface area contributed by atoms with Crippen LogP contribution in [0, 0.1) is 6.92 Å². The number of hydrogen-bond donors (Lipinski definition) is 0. The van der Waals surface area contributed by atoms with Gasteiger partial charge >= 0.3 is 176 Å². The molecule has 2 heterocycles. The molecule has 28 heavy (non-hydrogen) atoms. The molecule has 0 spiro atoms. The summed E-state index contributed by atoms with van der Waals surface area (Å²) in [6.07, 6.45) is 0. The van der Waals surface area contributed by atoms with E-state index >= 15 is 0 Å². The Kier molecular flexibility index (Phi) is 6.52. The maximum atomic E-state index is 13.2. The van der Waals surface area contributed by atoms with E-state index in [2.05, 4.69) is 48.6 Å². The van der Waals surface area contributed by atoms with Gasteiger partial charge in [0, 0.05) is 0 Å². The summed E-state index contributed by atoms with van der Waals surface area (Å²) in [4.78, 5) is 12.1. The third-order valence-corrected chi connectivity index (χ3v) is 10.7. The zero-order valence-electron chi connectivity index (χ0n) is 17.9. The van der Waals surface area contributed by atoms with Crippen LogP contribution in [-0.4, -0.2) is 88.0 Å². The molecule has 0 atom stereocenters. The van der Waals surface area contributed by atoms with E-state index in [0.717, 1.165) is 18.7 Å². The molecule has 0 unspecified atom stereocenters. The second-order valence-electron chi connectivity index (χ2n) is 9.19. The number of sulfonamides is 1. The van der Waals surface area contributed by atoms with Crippen molar-refractivity contribution >= 4 is 35.4 Å². The molecule has 0 amide bonds. The van der Waals surface area contributed by atoms with Crippen LogP contribution in [0.4, 0.5) is 0 Å². The van der Waals surface area contributed by atoms with Crippen molar-refractivity contribution in [3.63, 3.8) is 0 Å². The van der Waals surface area contributed by atoms with Gasteiger partial charge in [0.15, 0.2) is 0 Å². The standard InChI is InChI=1S/C17H23BN3O2S.3CH3.Sn/c1-14-5-7-17(8-6-14)24(22,23)21-12-15(2)16(13-21)11-18-19(3)9-10-20(18)4;;;;/h2,5-8,11H,9-10,12-13H2,1,3-4H3;3*1H3;. The fourth-order valence-electron chi connectivity index (χ4n) is 3.84. The number of rotatable bonds is 4. The zero-order valence-corrected chi connectivity index (χ0v) is 21.6. The third kappa shape index (κ3) is 4.92. The van der Waals surface area contributed by atoms with Crippen molar-refractivity contribution in [2.24, 2.45) is 0 Å². The van der Waals surface area contributed by atoms with Gasteiger partial charge in [-0.3, -0.25) is 0 Å². The van der Waals surface area contributed by atoms with E-state index in [-0.39, 0.29) is 6.98 Å². The predicted molar refractivity (Wildman–Crippen MR) is 120 cm³/mol. The first-order valence-corrected chi connectivity index (χ1v) is 21.5. The second kappa shape index (κ2) is 8.26. The Bertz CT molecular complexity index is 881. The Morgan fingerprint density at radius 3 is 2.04 bits per heavy atom. The van der Waals surface area contributed by atoms with E-state index in [0.29, 0.717) is 18.0 Å². The normalized spacial score (nSPS) is 23.4. The van der Waals surface area contributed by atoms with Gasteiger partial charge in [-0.25, -0.2) is 0 Å². The molecule has 2 aliphatic rings. The van der Waals surface area contributed by atoms with Crippen molar-refractivity contribution in [2.45, 2.75) is 26.6 Å². The molecular formula is C20H32BN3O2SSn. The van der Waals surface area contributed by atoms with Gasteiger partial charge in [-0.05, 0) is 0 Å². The van der Waals surface area contributed by atoms with Gasteiger partial charge in [0.2, 0.25) is 0 Å². The van der Waals surface area contributed by atoms with Crippen LogP contribution in [0.5, 0.6) is 0 Å². The molecule has 3 rings (SSSR count). The Hall–Kier alpha value is -0.606. The fraction of sp³-hybridized carbons (Fsp3) is 0.500. The minimum absolute atomic E-state index is 0.232. The van der Waals surface area contributed by atoms with E-state index in [1.807, 2.05) is 19.1 Å². The van der Waals surface area contributed by atoms with Gasteiger partial charge in [0.25, 0.3) is 0 Å². The second-order valence-corrected chi connectivity index (χ2v) is 25.5. The molecule has 152 valence electrons. The van der Waals surface area contributed by atoms with Crippen molar-refractivity contribution in [1.82, 2.24) is 13.9 Å². The molecule has 2 fully saturated rings. The van der Waals surface area contributed by atoms with Gasteiger partial charge in [-0.1, -0.05) is 0 Å². The topological polar surface area (TPSA) is 43.9 Å². The molecule has 8 heteroatoms. The number of likely N-dealkylation sites (N-methyl/N-ethyl adjacent to an activating group) is 2. The van der Waals surface area contributed by atoms with Crippen molar-refractivity contribution in [3.8, 4) is 0 Å². The van der Waals surface area contributed by atoms with Crippen LogP contribution in [0.3, 0.4) is 0 Å². The number of aryl methyl sites for hydroxylation is 1. The number of nitrogens with zero attached hydrogens (tertiary/aromatic N) is 3. The van der Waals surface area contributed by atoms with E-state index in [1.54, 1.807) is 16.4 Å². The van der Waals surface area contributed by atoms with Crippen LogP contribution < -0.4 is 0 Å². The van der Waals surface area contributed by atoms with Crippen LogP contribution in [0.1, 0.15) is 5.56 Å². The molecule has 1 aromatic carbocycles. The maximum absolute atomic E-state index is 13.2. The molecule has 2 aliphatic heterocycles. The van der Waals surface area contributed by atoms with Crippen molar-refractivity contribution < 1.29 is 8.42 Å². The predicted octanol–water partition coefficient (Wildman–Crippen LogP) is 2.63. The summed E-state index contributed by atoms with van der Waals surface area (Å²) in [5, 5.41) is 0. The summed E-state index contributed by atoms with van der Waals surface area (Å²) in [5.41, 5.74) is 3.45. The van der Waals surface area contributed by atoms with Crippen molar-refractivity contribution in [2.75, 3.05) is 40.3 Å². The molecule has 0 bridgehead atoms. The summed E-state index contributed by atoms with van der Waals surface area (Å²) in [6, 6.07) is 7.17. The summed E-state index contributed by atoms with van der Waals surface area (Å²) >= 11 is -2.23. The molecule has 0 aliphatic carbocycles. The molecule has 5 nitrogen and oxygen atoms in total. The van der Waals surface area contributed by atoms with Gasteiger partial charge in [0.05, 0.1) is 0 Å². The molecule has 1 aromatic rings. The van der Waals surface area contributed by atoms with Gasteiger partial charge in [-0.15, -0.1) is 0 Å². The van der Waals surface area contributed by atoms with Crippen LogP contribution in [0.15, 0.2) is 50.4 Å². The molecular weight excluding hydrogens is 476 g/mol. The van der Waals surface area contributed by atoms with E-state index < -0.39 is 28.4 Å². The number of benzene rings is 1. The first kappa shape index (κ1) is 22.1. The first-order valence-electron chi connectivity index (χ1n) is 9.87. The molecule has 0 aromatic heterocycles. The van der Waals surface area contributed by atoms with Gasteiger partial charge < -0.3 is 0 Å². The van der Waals surface area contributed by atoms with Crippen LogP contribution in [0.2, 0.25) is 14.8 Å². The van der Waals surface area contributed by atoms with Gasteiger partial charge in [-0.2, -0.15) is 0 Å². The Balaban J connectivity index is 1.96. The van der Waals surface area contributed by atoms with Crippen LogP contribution in [-0.2, 0) is 10.0 Å². The monoisotopic (exact) mass is 509 g/mol. The van der Waals surface area contributed by atoms with Crippen molar-refractivity contribution in [3.05, 3.63) is 51.0 Å². The number of hydrogen-bond acceptors (Lipinski definition) is 4. The average Bonchev–Trinajstić information content (AvgIpc) is 3.12. The van der Waals surface area contributed by atoms with E-state index in [4.69, 9.17) is 0 Å². The Labute approximate surface area is 175 Å². The Morgan fingerprint density at radius 1 is 0.964 bits per heavy atom. The Morgan fingerprint density at radius 2 is 1.50 bits per heavy atom. The van der Waals surface area contributed by atoms with Gasteiger partial charge in [0.1, 0.15) is 0 Å². The zero-order chi connectivity index (χ0) is 20.7. The van der Waals surface area contributed by atoms with E-state index in [9.17, 15) is 8.42 Å². The van der Waals surface area contributed by atoms with Crippen molar-refractivity contribution in [1.29, 1.82) is 0 Å². The molecule has 0 saturated carbocycles. The quantitative estimate of drug-likeness (QED) is 0.588.